The number of carboxylic acid groups (broad SMARTS) is 1. The Bertz CT molecular complexity index is 411. The lowest BCUT2D eigenvalue weighted by atomic mass is 9.93. The molecule has 18 heavy (non-hydrogen) atoms. The molecule has 0 atom stereocenters. The first-order chi connectivity index (χ1) is 8.24. The Morgan fingerprint density at radius 1 is 1.44 bits per heavy atom. The van der Waals surface area contributed by atoms with Crippen molar-refractivity contribution >= 4 is 23.8 Å². The fraction of sp³-hybridized carbons (Fsp3) is 0.385. The molecular weight excluding hydrogens is 254 g/mol. The summed E-state index contributed by atoms with van der Waals surface area (Å²) in [5.74, 6) is -0.725. The van der Waals surface area contributed by atoms with Gasteiger partial charge in [-0.3, -0.25) is 4.79 Å². The van der Waals surface area contributed by atoms with Gasteiger partial charge in [-0.2, -0.15) is 0 Å². The van der Waals surface area contributed by atoms with Gasteiger partial charge >= 0.3 is 5.97 Å². The topological polar surface area (TPSA) is 69.9 Å². The summed E-state index contributed by atoms with van der Waals surface area (Å²) in [4.78, 5) is 10.0. The zero-order valence-corrected chi connectivity index (χ0v) is 11.5. The molecule has 5 heteroatoms. The first-order valence-electron chi connectivity index (χ1n) is 5.39. The third-order valence-electron chi connectivity index (χ3n) is 1.74. The highest BCUT2D eigenvalue weighted by molar-refractivity contribution is 6.30. The Balaban J connectivity index is 0.000000331. The highest BCUT2D eigenvalue weighted by atomic mass is 35.5. The summed E-state index contributed by atoms with van der Waals surface area (Å²) in [5.41, 5.74) is 0.709. The van der Waals surface area contributed by atoms with Crippen LogP contribution in [0.4, 0.5) is 0 Å². The molecule has 0 radical (unpaired) electrons. The van der Waals surface area contributed by atoms with E-state index < -0.39 is 5.97 Å². The van der Waals surface area contributed by atoms with Gasteiger partial charge in [0.05, 0.1) is 12.6 Å². The molecule has 0 unspecified atom stereocenters. The van der Waals surface area contributed by atoms with Crippen LogP contribution in [0.25, 0.3) is 0 Å². The lowest BCUT2D eigenvalue weighted by Gasteiger charge is -2.13. The van der Waals surface area contributed by atoms with E-state index in [0.29, 0.717) is 5.02 Å². The molecule has 0 saturated heterocycles. The molecule has 0 fully saturated rings. The SMILES string of the molecule is CC(C)(C)CC(=O)O.ON=Cc1cccc(Cl)c1. The van der Waals surface area contributed by atoms with Crippen molar-refractivity contribution in [1.29, 1.82) is 0 Å². The molecular formula is C13H18ClNO3. The van der Waals surface area contributed by atoms with Crippen LogP contribution < -0.4 is 0 Å². The molecule has 0 bridgehead atoms. The predicted molar refractivity (Wildman–Crippen MR) is 72.5 cm³/mol. The smallest absolute Gasteiger partial charge is 0.303 e. The molecule has 1 rings (SSSR count). The normalized spacial score (nSPS) is 10.9. The molecule has 0 aliphatic carbocycles. The van der Waals surface area contributed by atoms with Gasteiger partial charge < -0.3 is 10.3 Å². The Hall–Kier alpha value is -1.55. The van der Waals surface area contributed by atoms with Gasteiger partial charge in [0.2, 0.25) is 0 Å². The van der Waals surface area contributed by atoms with Crippen molar-refractivity contribution in [2.24, 2.45) is 10.6 Å². The van der Waals surface area contributed by atoms with Crippen LogP contribution in [0.5, 0.6) is 0 Å². The summed E-state index contributed by atoms with van der Waals surface area (Å²) in [7, 11) is 0. The van der Waals surface area contributed by atoms with E-state index in [1.807, 2.05) is 20.8 Å². The van der Waals surface area contributed by atoms with Gasteiger partial charge in [-0.25, -0.2) is 0 Å². The van der Waals surface area contributed by atoms with E-state index in [1.165, 1.54) is 6.21 Å². The monoisotopic (exact) mass is 271 g/mol. The molecule has 0 aromatic heterocycles. The Morgan fingerprint density at radius 3 is 2.39 bits per heavy atom. The van der Waals surface area contributed by atoms with Crippen molar-refractivity contribution in [3.63, 3.8) is 0 Å². The Morgan fingerprint density at radius 2 is 2.06 bits per heavy atom. The highest BCUT2D eigenvalue weighted by Crippen LogP contribution is 2.17. The predicted octanol–water partition coefficient (Wildman–Crippen LogP) is 3.66. The number of carboxylic acids is 1. The van der Waals surface area contributed by atoms with Crippen LogP contribution in [0, 0.1) is 5.41 Å². The van der Waals surface area contributed by atoms with Gasteiger partial charge in [-0.15, -0.1) is 0 Å². The van der Waals surface area contributed by atoms with Gasteiger partial charge in [-0.1, -0.05) is 49.7 Å². The molecule has 1 aromatic rings. The minimum atomic E-state index is -0.725. The van der Waals surface area contributed by atoms with Crippen LogP contribution in [0.1, 0.15) is 32.8 Å². The van der Waals surface area contributed by atoms with Crippen molar-refractivity contribution in [3.05, 3.63) is 34.9 Å². The van der Waals surface area contributed by atoms with E-state index in [9.17, 15) is 4.79 Å². The third-order valence-corrected chi connectivity index (χ3v) is 1.97. The van der Waals surface area contributed by atoms with Gasteiger partial charge in [-0.05, 0) is 23.1 Å². The zero-order chi connectivity index (χ0) is 14.2. The fourth-order valence-corrected chi connectivity index (χ4v) is 1.31. The van der Waals surface area contributed by atoms with Gasteiger partial charge in [0.15, 0.2) is 0 Å². The van der Waals surface area contributed by atoms with Crippen molar-refractivity contribution in [1.82, 2.24) is 0 Å². The fourth-order valence-electron chi connectivity index (χ4n) is 1.11. The van der Waals surface area contributed by atoms with E-state index in [-0.39, 0.29) is 11.8 Å². The molecule has 2 N–H and O–H groups in total. The average molecular weight is 272 g/mol. The molecule has 0 aliphatic heterocycles. The molecule has 1 aromatic carbocycles. The van der Waals surface area contributed by atoms with Crippen LogP contribution in [0.15, 0.2) is 29.4 Å². The van der Waals surface area contributed by atoms with Crippen LogP contribution in [0.2, 0.25) is 5.02 Å². The quantitative estimate of drug-likeness (QED) is 0.490. The number of nitrogens with zero attached hydrogens (tertiary/aromatic N) is 1. The maximum Gasteiger partial charge on any atom is 0.303 e. The van der Waals surface area contributed by atoms with Crippen LogP contribution >= 0.6 is 11.6 Å². The summed E-state index contributed by atoms with van der Waals surface area (Å²) in [5, 5.41) is 19.9. The largest absolute Gasteiger partial charge is 0.481 e. The first-order valence-corrected chi connectivity index (χ1v) is 5.77. The maximum atomic E-state index is 10.0. The van der Waals surface area contributed by atoms with Crippen LogP contribution in [-0.4, -0.2) is 22.5 Å². The van der Waals surface area contributed by atoms with Gasteiger partial charge in [0.25, 0.3) is 0 Å². The Labute approximate surface area is 112 Å². The third kappa shape index (κ3) is 9.66. The van der Waals surface area contributed by atoms with Crippen LogP contribution in [0.3, 0.4) is 0 Å². The maximum absolute atomic E-state index is 10.0. The number of oxime groups is 1. The van der Waals surface area contributed by atoms with E-state index in [0.717, 1.165) is 5.56 Å². The first kappa shape index (κ1) is 16.4. The van der Waals surface area contributed by atoms with Crippen LogP contribution in [-0.2, 0) is 4.79 Å². The Kier molecular flexibility index (Phi) is 7.05. The molecule has 0 heterocycles. The number of carbonyl (C=O) groups is 1. The number of hydrogen-bond donors (Lipinski definition) is 2. The lowest BCUT2D eigenvalue weighted by molar-refractivity contribution is -0.139. The average Bonchev–Trinajstić information content (AvgIpc) is 2.14. The molecule has 4 nitrogen and oxygen atoms in total. The second-order valence-electron chi connectivity index (χ2n) is 4.93. The van der Waals surface area contributed by atoms with E-state index in [1.54, 1.807) is 24.3 Å². The minimum absolute atomic E-state index is 0.0775. The van der Waals surface area contributed by atoms with E-state index >= 15 is 0 Å². The molecule has 0 spiro atoms. The summed E-state index contributed by atoms with van der Waals surface area (Å²) in [6.45, 7) is 5.71. The number of rotatable bonds is 2. The highest BCUT2D eigenvalue weighted by Gasteiger charge is 2.13. The lowest BCUT2D eigenvalue weighted by Crippen LogP contribution is -2.11. The zero-order valence-electron chi connectivity index (χ0n) is 10.7. The molecule has 0 amide bonds. The standard InChI is InChI=1S/C7H6ClNO.C6H12O2/c8-7-3-1-2-6(4-7)5-9-10;1-6(2,3)4-5(7)8/h1-5,10H;4H2,1-3H3,(H,7,8). The molecule has 0 aliphatic rings. The number of halogens is 1. The number of hydrogen-bond acceptors (Lipinski definition) is 3. The van der Waals surface area contributed by atoms with Crippen molar-refractivity contribution < 1.29 is 15.1 Å². The molecule has 100 valence electrons. The summed E-state index contributed by atoms with van der Waals surface area (Å²) in [6, 6.07) is 7.06. The summed E-state index contributed by atoms with van der Waals surface area (Å²) < 4.78 is 0. The summed E-state index contributed by atoms with van der Waals surface area (Å²) >= 11 is 5.64. The van der Waals surface area contributed by atoms with E-state index in [4.69, 9.17) is 21.9 Å². The molecule has 0 saturated carbocycles. The second kappa shape index (κ2) is 7.71. The van der Waals surface area contributed by atoms with Crippen molar-refractivity contribution in [3.8, 4) is 0 Å². The number of aliphatic carboxylic acids is 1. The van der Waals surface area contributed by atoms with Gasteiger partial charge in [0, 0.05) is 5.02 Å². The second-order valence-corrected chi connectivity index (χ2v) is 5.37. The van der Waals surface area contributed by atoms with Gasteiger partial charge in [0.1, 0.15) is 0 Å². The van der Waals surface area contributed by atoms with Crippen molar-refractivity contribution in [2.45, 2.75) is 27.2 Å². The van der Waals surface area contributed by atoms with E-state index in [2.05, 4.69) is 5.16 Å². The minimum Gasteiger partial charge on any atom is -0.481 e. The van der Waals surface area contributed by atoms with Crippen molar-refractivity contribution in [2.75, 3.05) is 0 Å². The number of benzene rings is 1. The summed E-state index contributed by atoms with van der Waals surface area (Å²) in [6.07, 6.45) is 1.57.